The normalized spacial score (nSPS) is 11.0. The number of thiazole rings is 1. The van der Waals surface area contributed by atoms with E-state index < -0.39 is 0 Å². The molecule has 0 radical (unpaired) electrons. The van der Waals surface area contributed by atoms with Crippen molar-refractivity contribution in [2.75, 3.05) is 0 Å². The second-order valence-electron chi connectivity index (χ2n) is 4.13. The number of nitrogens with zero attached hydrogens (tertiary/aromatic N) is 1. The number of nitrogens with two attached hydrogens (primary N) is 1. The van der Waals surface area contributed by atoms with E-state index in [9.17, 15) is 0 Å². The molecular formula is C13H16N2S. The van der Waals surface area contributed by atoms with Gasteiger partial charge in [0.15, 0.2) is 0 Å². The van der Waals surface area contributed by atoms with Crippen LogP contribution in [-0.4, -0.2) is 4.98 Å². The lowest BCUT2D eigenvalue weighted by molar-refractivity contribution is 0.853. The molecule has 1 aromatic carbocycles. The lowest BCUT2D eigenvalue weighted by Gasteiger charge is -2.01. The molecule has 0 atom stereocenters. The summed E-state index contributed by atoms with van der Waals surface area (Å²) in [5, 5.41) is 3.30. The molecule has 3 heteroatoms. The molecule has 0 fully saturated rings. The van der Waals surface area contributed by atoms with Crippen LogP contribution in [0.15, 0.2) is 29.6 Å². The van der Waals surface area contributed by atoms with Crippen LogP contribution in [0.1, 0.15) is 30.3 Å². The monoisotopic (exact) mass is 232 g/mol. The molecule has 0 aliphatic rings. The summed E-state index contributed by atoms with van der Waals surface area (Å²) in [6.45, 7) is 4.91. The van der Waals surface area contributed by atoms with Crippen molar-refractivity contribution in [1.29, 1.82) is 0 Å². The van der Waals surface area contributed by atoms with Gasteiger partial charge in [0, 0.05) is 23.4 Å². The Balaban J connectivity index is 2.34. The quantitative estimate of drug-likeness (QED) is 0.881. The van der Waals surface area contributed by atoms with E-state index in [0.29, 0.717) is 12.5 Å². The van der Waals surface area contributed by atoms with Crippen molar-refractivity contribution >= 4 is 11.3 Å². The lowest BCUT2D eigenvalue weighted by atomic mass is 10.1. The number of rotatable bonds is 3. The molecule has 0 bridgehead atoms. The molecule has 2 aromatic rings. The van der Waals surface area contributed by atoms with E-state index in [-0.39, 0.29) is 0 Å². The van der Waals surface area contributed by atoms with Crippen LogP contribution in [0.4, 0.5) is 0 Å². The topological polar surface area (TPSA) is 38.9 Å². The van der Waals surface area contributed by atoms with E-state index in [4.69, 9.17) is 5.73 Å². The maximum atomic E-state index is 5.63. The van der Waals surface area contributed by atoms with Crippen molar-refractivity contribution in [1.82, 2.24) is 4.98 Å². The fourth-order valence-electron chi connectivity index (χ4n) is 1.54. The van der Waals surface area contributed by atoms with Gasteiger partial charge in [-0.3, -0.25) is 0 Å². The van der Waals surface area contributed by atoms with Crippen molar-refractivity contribution < 1.29 is 0 Å². The van der Waals surface area contributed by atoms with Gasteiger partial charge < -0.3 is 5.73 Å². The van der Waals surface area contributed by atoms with Crippen molar-refractivity contribution in [3.63, 3.8) is 0 Å². The highest BCUT2D eigenvalue weighted by Crippen LogP contribution is 2.26. The first-order chi connectivity index (χ1) is 7.70. The zero-order valence-electron chi connectivity index (χ0n) is 9.60. The second kappa shape index (κ2) is 4.76. The van der Waals surface area contributed by atoms with Gasteiger partial charge in [-0.05, 0) is 11.6 Å². The van der Waals surface area contributed by atoms with Crippen molar-refractivity contribution in [2.24, 2.45) is 5.73 Å². The SMILES string of the molecule is CC(C)c1nc(-c2cccc(CN)c2)cs1. The van der Waals surface area contributed by atoms with Crippen LogP contribution < -0.4 is 5.73 Å². The highest BCUT2D eigenvalue weighted by molar-refractivity contribution is 7.10. The smallest absolute Gasteiger partial charge is 0.0958 e. The van der Waals surface area contributed by atoms with Gasteiger partial charge >= 0.3 is 0 Å². The number of benzene rings is 1. The molecule has 0 unspecified atom stereocenters. The maximum absolute atomic E-state index is 5.63. The highest BCUT2D eigenvalue weighted by Gasteiger charge is 2.07. The summed E-state index contributed by atoms with van der Waals surface area (Å²) in [5.41, 5.74) is 9.00. The third-order valence-electron chi connectivity index (χ3n) is 2.47. The minimum atomic E-state index is 0.497. The summed E-state index contributed by atoms with van der Waals surface area (Å²) in [6, 6.07) is 8.27. The third-order valence-corrected chi connectivity index (χ3v) is 3.62. The first-order valence-electron chi connectivity index (χ1n) is 5.45. The van der Waals surface area contributed by atoms with Crippen LogP contribution in [0.3, 0.4) is 0 Å². The van der Waals surface area contributed by atoms with Gasteiger partial charge in [-0.25, -0.2) is 4.98 Å². The number of aromatic nitrogens is 1. The van der Waals surface area contributed by atoms with Gasteiger partial charge in [-0.1, -0.05) is 32.0 Å². The molecule has 2 rings (SSSR count). The standard InChI is InChI=1S/C13H16N2S/c1-9(2)13-15-12(8-16-13)11-5-3-4-10(6-11)7-14/h3-6,8-9H,7,14H2,1-2H3. The van der Waals surface area contributed by atoms with Gasteiger partial charge in [0.1, 0.15) is 0 Å². The Hall–Kier alpha value is -1.19. The second-order valence-corrected chi connectivity index (χ2v) is 5.02. The molecule has 16 heavy (non-hydrogen) atoms. The summed E-state index contributed by atoms with van der Waals surface area (Å²) in [6.07, 6.45) is 0. The van der Waals surface area contributed by atoms with Gasteiger partial charge in [0.2, 0.25) is 0 Å². The van der Waals surface area contributed by atoms with Crippen LogP contribution in [0.5, 0.6) is 0 Å². The molecule has 2 N–H and O–H groups in total. The van der Waals surface area contributed by atoms with Crippen LogP contribution in [0.2, 0.25) is 0 Å². The molecule has 0 aliphatic heterocycles. The fourth-order valence-corrected chi connectivity index (χ4v) is 2.39. The Labute approximate surface area is 100 Å². The summed E-state index contributed by atoms with van der Waals surface area (Å²) >= 11 is 1.72. The minimum Gasteiger partial charge on any atom is -0.326 e. The number of hydrogen-bond donors (Lipinski definition) is 1. The predicted molar refractivity (Wildman–Crippen MR) is 69.5 cm³/mol. The highest BCUT2D eigenvalue weighted by atomic mass is 32.1. The number of hydrogen-bond acceptors (Lipinski definition) is 3. The average molecular weight is 232 g/mol. The van der Waals surface area contributed by atoms with E-state index in [0.717, 1.165) is 16.8 Å². The zero-order valence-corrected chi connectivity index (χ0v) is 10.4. The van der Waals surface area contributed by atoms with Gasteiger partial charge in [-0.15, -0.1) is 11.3 Å². The summed E-state index contributed by atoms with van der Waals surface area (Å²) in [4.78, 5) is 4.63. The molecular weight excluding hydrogens is 216 g/mol. The van der Waals surface area contributed by atoms with E-state index in [1.807, 2.05) is 12.1 Å². The van der Waals surface area contributed by atoms with Crippen LogP contribution in [0, 0.1) is 0 Å². The van der Waals surface area contributed by atoms with Crippen LogP contribution in [0.25, 0.3) is 11.3 Å². The van der Waals surface area contributed by atoms with E-state index in [2.05, 4.69) is 36.3 Å². The average Bonchev–Trinajstić information content (AvgIpc) is 2.78. The summed E-state index contributed by atoms with van der Waals surface area (Å²) in [7, 11) is 0. The Bertz CT molecular complexity index is 474. The molecule has 0 aliphatic carbocycles. The van der Waals surface area contributed by atoms with E-state index in [1.165, 1.54) is 5.01 Å². The molecule has 1 heterocycles. The Morgan fingerprint density at radius 2 is 2.19 bits per heavy atom. The Morgan fingerprint density at radius 1 is 1.38 bits per heavy atom. The summed E-state index contributed by atoms with van der Waals surface area (Å²) in [5.74, 6) is 0.497. The fraction of sp³-hybridized carbons (Fsp3) is 0.308. The van der Waals surface area contributed by atoms with Crippen molar-refractivity contribution in [2.45, 2.75) is 26.3 Å². The first-order valence-corrected chi connectivity index (χ1v) is 6.33. The molecule has 84 valence electrons. The van der Waals surface area contributed by atoms with Crippen molar-refractivity contribution in [3.05, 3.63) is 40.2 Å². The molecule has 0 amide bonds. The molecule has 0 saturated heterocycles. The Morgan fingerprint density at radius 3 is 2.81 bits per heavy atom. The van der Waals surface area contributed by atoms with Gasteiger partial charge in [0.25, 0.3) is 0 Å². The lowest BCUT2D eigenvalue weighted by Crippen LogP contribution is -1.95. The van der Waals surface area contributed by atoms with Crippen LogP contribution in [-0.2, 0) is 6.54 Å². The third kappa shape index (κ3) is 2.31. The largest absolute Gasteiger partial charge is 0.326 e. The minimum absolute atomic E-state index is 0.497. The molecule has 1 aromatic heterocycles. The first kappa shape index (κ1) is 11.3. The van der Waals surface area contributed by atoms with Gasteiger partial charge in [0.05, 0.1) is 10.7 Å². The summed E-state index contributed by atoms with van der Waals surface area (Å²) < 4.78 is 0. The Kier molecular flexibility index (Phi) is 3.36. The molecule has 0 saturated carbocycles. The van der Waals surface area contributed by atoms with Gasteiger partial charge in [-0.2, -0.15) is 0 Å². The predicted octanol–water partition coefficient (Wildman–Crippen LogP) is 3.39. The van der Waals surface area contributed by atoms with Crippen LogP contribution >= 0.6 is 11.3 Å². The van der Waals surface area contributed by atoms with Crippen molar-refractivity contribution in [3.8, 4) is 11.3 Å². The molecule has 0 spiro atoms. The zero-order chi connectivity index (χ0) is 11.5. The molecule has 2 nitrogen and oxygen atoms in total. The maximum Gasteiger partial charge on any atom is 0.0958 e. The van der Waals surface area contributed by atoms with E-state index >= 15 is 0 Å². The van der Waals surface area contributed by atoms with E-state index in [1.54, 1.807) is 11.3 Å².